The second-order valence-corrected chi connectivity index (χ2v) is 6.81. The van der Waals surface area contributed by atoms with E-state index in [1.165, 1.54) is 35.4 Å². The summed E-state index contributed by atoms with van der Waals surface area (Å²) in [5.74, 6) is -2.13. The molecule has 8 nitrogen and oxygen atoms in total. The smallest absolute Gasteiger partial charge is 0.331 e. The van der Waals surface area contributed by atoms with Gasteiger partial charge in [0.2, 0.25) is 0 Å². The fourth-order valence-corrected chi connectivity index (χ4v) is 3.03. The van der Waals surface area contributed by atoms with E-state index in [1.807, 2.05) is 19.1 Å². The molecule has 2 aromatic rings. The van der Waals surface area contributed by atoms with Crippen molar-refractivity contribution in [3.63, 3.8) is 0 Å². The number of hydrazone groups is 1. The second kappa shape index (κ2) is 8.05. The number of amides is 1. The Hall–Kier alpha value is -3.81. The number of aliphatic carboxylic acids is 1. The zero-order valence-corrected chi connectivity index (χ0v) is 15.9. The Labute approximate surface area is 166 Å². The van der Waals surface area contributed by atoms with Crippen molar-refractivity contribution in [3.05, 3.63) is 75.3 Å². The third kappa shape index (κ3) is 4.37. The molecular formula is C21H19N3O5. The van der Waals surface area contributed by atoms with Gasteiger partial charge in [-0.3, -0.25) is 14.9 Å². The summed E-state index contributed by atoms with van der Waals surface area (Å²) in [5.41, 5.74) is 2.66. The van der Waals surface area contributed by atoms with Crippen LogP contribution in [-0.2, 0) is 9.59 Å². The van der Waals surface area contributed by atoms with Gasteiger partial charge < -0.3 is 5.11 Å². The van der Waals surface area contributed by atoms with Crippen molar-refractivity contribution in [2.24, 2.45) is 11.0 Å². The molecule has 0 saturated carbocycles. The van der Waals surface area contributed by atoms with Crippen LogP contribution in [0.4, 0.5) is 11.4 Å². The minimum Gasteiger partial charge on any atom is -0.478 e. The van der Waals surface area contributed by atoms with Crippen LogP contribution in [0.1, 0.15) is 24.5 Å². The molecule has 29 heavy (non-hydrogen) atoms. The minimum absolute atomic E-state index is 0.0250. The third-order valence-corrected chi connectivity index (χ3v) is 4.69. The Morgan fingerprint density at radius 3 is 2.34 bits per heavy atom. The molecule has 3 rings (SSSR count). The predicted molar refractivity (Wildman–Crippen MR) is 109 cm³/mol. The van der Waals surface area contributed by atoms with Crippen LogP contribution in [0.5, 0.6) is 0 Å². The predicted octanol–water partition coefficient (Wildman–Crippen LogP) is 3.80. The Balaban J connectivity index is 1.82. The number of carboxylic acid groups (broad SMARTS) is 1. The summed E-state index contributed by atoms with van der Waals surface area (Å²) in [4.78, 5) is 34.8. The van der Waals surface area contributed by atoms with Gasteiger partial charge in [0.05, 0.1) is 16.5 Å². The summed E-state index contributed by atoms with van der Waals surface area (Å²) in [6, 6.07) is 12.9. The number of anilines is 1. The van der Waals surface area contributed by atoms with E-state index in [2.05, 4.69) is 5.10 Å². The Bertz CT molecular complexity index is 1020. The lowest BCUT2D eigenvalue weighted by atomic mass is 9.94. The highest BCUT2D eigenvalue weighted by Crippen LogP contribution is 2.29. The first kappa shape index (κ1) is 19.9. The molecule has 148 valence electrons. The van der Waals surface area contributed by atoms with E-state index in [4.69, 9.17) is 0 Å². The number of rotatable bonds is 6. The van der Waals surface area contributed by atoms with Crippen molar-refractivity contribution in [1.82, 2.24) is 0 Å². The molecule has 0 aromatic heterocycles. The van der Waals surface area contributed by atoms with E-state index in [9.17, 15) is 24.8 Å². The van der Waals surface area contributed by atoms with Gasteiger partial charge >= 0.3 is 5.97 Å². The Kier molecular flexibility index (Phi) is 5.54. The molecule has 8 heteroatoms. The van der Waals surface area contributed by atoms with Gasteiger partial charge in [0.1, 0.15) is 0 Å². The quantitative estimate of drug-likeness (QED) is 0.456. The van der Waals surface area contributed by atoms with Crippen LogP contribution < -0.4 is 5.01 Å². The van der Waals surface area contributed by atoms with E-state index >= 15 is 0 Å². The van der Waals surface area contributed by atoms with Crippen LogP contribution in [-0.4, -0.2) is 27.6 Å². The largest absolute Gasteiger partial charge is 0.478 e. The summed E-state index contributed by atoms with van der Waals surface area (Å²) < 4.78 is 0. The van der Waals surface area contributed by atoms with E-state index in [-0.39, 0.29) is 23.6 Å². The molecule has 0 bridgehead atoms. The first-order chi connectivity index (χ1) is 13.8. The first-order valence-electron chi connectivity index (χ1n) is 8.90. The van der Waals surface area contributed by atoms with Crippen molar-refractivity contribution in [2.45, 2.75) is 20.3 Å². The number of nitrogens with zero attached hydrogens (tertiary/aromatic N) is 3. The lowest BCUT2D eigenvalue weighted by Crippen LogP contribution is -2.28. The van der Waals surface area contributed by atoms with Gasteiger partial charge in [-0.1, -0.05) is 17.7 Å². The summed E-state index contributed by atoms with van der Waals surface area (Å²) in [7, 11) is 0. The van der Waals surface area contributed by atoms with Crippen molar-refractivity contribution in [1.29, 1.82) is 0 Å². The monoisotopic (exact) mass is 393 g/mol. The van der Waals surface area contributed by atoms with Gasteiger partial charge in [0.25, 0.3) is 11.6 Å². The van der Waals surface area contributed by atoms with Gasteiger partial charge in [-0.2, -0.15) is 5.10 Å². The van der Waals surface area contributed by atoms with Crippen LogP contribution in [0.2, 0.25) is 0 Å². The Morgan fingerprint density at radius 1 is 1.17 bits per heavy atom. The zero-order chi connectivity index (χ0) is 21.1. The lowest BCUT2D eigenvalue weighted by Gasteiger charge is -2.15. The SMILES string of the molecule is CC1=NN(c2ccc(C)cc2)C(=O)C1CC(=Cc1ccc([N+](=O)[O-])cc1)C(=O)O. The molecule has 0 radical (unpaired) electrons. The molecule has 1 aliphatic rings. The molecular weight excluding hydrogens is 374 g/mol. The van der Waals surface area contributed by atoms with E-state index in [0.717, 1.165) is 5.56 Å². The number of benzene rings is 2. The number of aryl methyl sites for hydroxylation is 1. The molecule has 2 aromatic carbocycles. The van der Waals surface area contributed by atoms with Crippen LogP contribution in [0.25, 0.3) is 6.08 Å². The molecule has 0 aliphatic carbocycles. The fourth-order valence-electron chi connectivity index (χ4n) is 3.03. The first-order valence-corrected chi connectivity index (χ1v) is 8.90. The highest BCUT2D eigenvalue weighted by Gasteiger charge is 2.35. The van der Waals surface area contributed by atoms with E-state index in [0.29, 0.717) is 17.0 Å². The van der Waals surface area contributed by atoms with Gasteiger partial charge in [-0.15, -0.1) is 0 Å². The number of nitro groups is 1. The van der Waals surface area contributed by atoms with Crippen LogP contribution in [0.15, 0.2) is 59.2 Å². The highest BCUT2D eigenvalue weighted by atomic mass is 16.6. The molecule has 1 heterocycles. The van der Waals surface area contributed by atoms with Crippen LogP contribution in [0, 0.1) is 23.0 Å². The summed E-state index contributed by atoms with van der Waals surface area (Å²) in [6.45, 7) is 3.64. The third-order valence-electron chi connectivity index (χ3n) is 4.69. The molecule has 1 amide bonds. The summed E-state index contributed by atoms with van der Waals surface area (Å²) in [5, 5.41) is 25.9. The van der Waals surface area contributed by atoms with Crippen LogP contribution >= 0.6 is 0 Å². The number of carboxylic acids is 1. The molecule has 1 unspecified atom stereocenters. The second-order valence-electron chi connectivity index (χ2n) is 6.81. The lowest BCUT2D eigenvalue weighted by molar-refractivity contribution is -0.384. The number of nitro benzene ring substituents is 1. The molecule has 1 N–H and O–H groups in total. The topological polar surface area (TPSA) is 113 Å². The zero-order valence-electron chi connectivity index (χ0n) is 15.9. The minimum atomic E-state index is -1.15. The summed E-state index contributed by atoms with van der Waals surface area (Å²) >= 11 is 0. The van der Waals surface area contributed by atoms with Crippen molar-refractivity contribution in [2.75, 3.05) is 5.01 Å². The number of carbonyl (C=O) groups excluding carboxylic acids is 1. The van der Waals surface area contributed by atoms with Crippen molar-refractivity contribution < 1.29 is 19.6 Å². The maximum absolute atomic E-state index is 12.8. The number of hydrogen-bond donors (Lipinski definition) is 1. The maximum Gasteiger partial charge on any atom is 0.331 e. The van der Waals surface area contributed by atoms with Crippen LogP contribution in [0.3, 0.4) is 0 Å². The average Bonchev–Trinajstić information content (AvgIpc) is 2.96. The van der Waals surface area contributed by atoms with Crippen molar-refractivity contribution in [3.8, 4) is 0 Å². The van der Waals surface area contributed by atoms with E-state index in [1.54, 1.807) is 19.1 Å². The number of carbonyl (C=O) groups is 2. The molecule has 1 aliphatic heterocycles. The van der Waals surface area contributed by atoms with Gasteiger partial charge in [-0.05, 0) is 56.2 Å². The van der Waals surface area contributed by atoms with Crippen molar-refractivity contribution >= 4 is 35.0 Å². The molecule has 0 spiro atoms. The fraction of sp³-hybridized carbons (Fsp3) is 0.190. The summed E-state index contributed by atoms with van der Waals surface area (Å²) in [6.07, 6.45) is 1.39. The average molecular weight is 393 g/mol. The normalized spacial score (nSPS) is 16.7. The van der Waals surface area contributed by atoms with Gasteiger partial charge in [0, 0.05) is 23.4 Å². The van der Waals surface area contributed by atoms with E-state index < -0.39 is 16.8 Å². The Morgan fingerprint density at radius 2 is 1.79 bits per heavy atom. The maximum atomic E-state index is 12.8. The molecule has 1 atom stereocenters. The standard InChI is InChI=1S/C21H19N3O5/c1-13-3-7-17(8-4-13)23-20(25)19(14(2)22-23)12-16(21(26)27)11-15-5-9-18(10-6-15)24(28)29/h3-11,19H,12H2,1-2H3,(H,26,27). The molecule has 0 fully saturated rings. The number of non-ortho nitro benzene ring substituents is 1. The van der Waals surface area contributed by atoms with Gasteiger partial charge in [-0.25, -0.2) is 9.80 Å². The number of hydrogen-bond acceptors (Lipinski definition) is 5. The molecule has 0 saturated heterocycles. The highest BCUT2D eigenvalue weighted by molar-refractivity contribution is 6.15. The van der Waals surface area contributed by atoms with Gasteiger partial charge in [0.15, 0.2) is 0 Å².